The Morgan fingerprint density at radius 1 is 1.14 bits per heavy atom. The van der Waals surface area contributed by atoms with Gasteiger partial charge >= 0.3 is 0 Å². The molecule has 6 heteroatoms. The highest BCUT2D eigenvalue weighted by Gasteiger charge is 2.16. The minimum absolute atomic E-state index is 0.904. The Kier molecular flexibility index (Phi) is 5.45. The topological polar surface area (TPSA) is 56.3 Å². The van der Waals surface area contributed by atoms with Gasteiger partial charge in [-0.25, -0.2) is 4.98 Å². The Hall–Kier alpha value is -1.40. The molecule has 0 atom stereocenters. The highest BCUT2D eigenvalue weighted by Crippen LogP contribution is 2.19. The van der Waals surface area contributed by atoms with Crippen LogP contribution in [0.5, 0.6) is 0 Å². The van der Waals surface area contributed by atoms with Gasteiger partial charge in [0.2, 0.25) is 5.95 Å². The molecule has 2 N–H and O–H groups in total. The van der Waals surface area contributed by atoms with Crippen molar-refractivity contribution in [3.63, 3.8) is 0 Å². The highest BCUT2D eigenvalue weighted by atomic mass is 15.3. The van der Waals surface area contributed by atoms with E-state index < -0.39 is 0 Å². The van der Waals surface area contributed by atoms with Crippen molar-refractivity contribution in [1.29, 1.82) is 0 Å². The average molecular weight is 304 g/mol. The fourth-order valence-electron chi connectivity index (χ4n) is 3.09. The van der Waals surface area contributed by atoms with E-state index in [-0.39, 0.29) is 0 Å². The van der Waals surface area contributed by atoms with Crippen LogP contribution in [-0.4, -0.2) is 67.2 Å². The summed E-state index contributed by atoms with van der Waals surface area (Å²) in [4.78, 5) is 14.2. The maximum Gasteiger partial charge on any atom is 0.227 e. The number of hydrogen-bond acceptors (Lipinski definition) is 6. The second kappa shape index (κ2) is 7.74. The quantitative estimate of drug-likeness (QED) is 0.816. The van der Waals surface area contributed by atoms with Crippen molar-refractivity contribution in [1.82, 2.24) is 20.2 Å². The molecule has 2 aliphatic rings. The first-order valence-corrected chi connectivity index (χ1v) is 8.65. The van der Waals surface area contributed by atoms with Gasteiger partial charge in [-0.05, 0) is 19.3 Å². The first-order valence-electron chi connectivity index (χ1n) is 8.65. The number of nitrogens with one attached hydrogen (secondary N) is 2. The van der Waals surface area contributed by atoms with Gasteiger partial charge in [-0.3, -0.25) is 4.90 Å². The van der Waals surface area contributed by atoms with Gasteiger partial charge in [0.1, 0.15) is 5.82 Å². The van der Waals surface area contributed by atoms with Crippen LogP contribution in [0.3, 0.4) is 0 Å². The van der Waals surface area contributed by atoms with Gasteiger partial charge in [-0.1, -0.05) is 6.92 Å². The molecule has 0 unspecified atom stereocenters. The van der Waals surface area contributed by atoms with E-state index in [1.807, 2.05) is 0 Å². The van der Waals surface area contributed by atoms with E-state index in [9.17, 15) is 0 Å². The van der Waals surface area contributed by atoms with Crippen molar-refractivity contribution in [3.05, 3.63) is 11.8 Å². The smallest absolute Gasteiger partial charge is 0.227 e. The van der Waals surface area contributed by atoms with E-state index >= 15 is 0 Å². The Morgan fingerprint density at radius 3 is 2.64 bits per heavy atom. The molecule has 0 aromatic carbocycles. The molecule has 1 aromatic heterocycles. The molecule has 2 aliphatic heterocycles. The molecule has 2 saturated heterocycles. The normalized spacial score (nSPS) is 19.6. The maximum atomic E-state index is 4.72. The summed E-state index contributed by atoms with van der Waals surface area (Å²) >= 11 is 0. The molecule has 22 heavy (non-hydrogen) atoms. The number of hydrogen-bond donors (Lipinski definition) is 2. The summed E-state index contributed by atoms with van der Waals surface area (Å²) in [7, 11) is 0. The van der Waals surface area contributed by atoms with Gasteiger partial charge in [0.15, 0.2) is 0 Å². The molecule has 0 bridgehead atoms. The van der Waals surface area contributed by atoms with Gasteiger partial charge in [-0.2, -0.15) is 4.98 Å². The van der Waals surface area contributed by atoms with Crippen LogP contribution in [0.4, 0.5) is 11.8 Å². The van der Waals surface area contributed by atoms with Gasteiger partial charge in [-0.15, -0.1) is 0 Å². The minimum atomic E-state index is 0.904. The van der Waals surface area contributed by atoms with Crippen LogP contribution >= 0.6 is 0 Å². The lowest BCUT2D eigenvalue weighted by Gasteiger charge is -2.27. The highest BCUT2D eigenvalue weighted by molar-refractivity contribution is 5.44. The second-order valence-corrected chi connectivity index (χ2v) is 6.11. The monoisotopic (exact) mass is 304 g/mol. The minimum Gasteiger partial charge on any atom is -0.369 e. The number of anilines is 2. The van der Waals surface area contributed by atoms with Crippen molar-refractivity contribution in [2.75, 3.05) is 62.6 Å². The third-order valence-electron chi connectivity index (χ3n) is 4.46. The molecule has 2 fully saturated rings. The van der Waals surface area contributed by atoms with Gasteiger partial charge < -0.3 is 15.5 Å². The first-order chi connectivity index (χ1) is 10.8. The third-order valence-corrected chi connectivity index (χ3v) is 4.46. The summed E-state index contributed by atoms with van der Waals surface area (Å²) < 4.78 is 0. The molecule has 6 nitrogen and oxygen atoms in total. The van der Waals surface area contributed by atoms with Crippen LogP contribution in [0.15, 0.2) is 6.07 Å². The Balaban J connectivity index is 1.58. The summed E-state index contributed by atoms with van der Waals surface area (Å²) in [5.41, 5.74) is 1.13. The van der Waals surface area contributed by atoms with E-state index in [4.69, 9.17) is 4.98 Å². The summed E-state index contributed by atoms with van der Waals surface area (Å²) in [5, 5.41) is 6.88. The zero-order valence-corrected chi connectivity index (χ0v) is 13.6. The number of aromatic nitrogens is 2. The van der Waals surface area contributed by atoms with Gasteiger partial charge in [0.25, 0.3) is 0 Å². The molecular weight excluding hydrogens is 276 g/mol. The Labute approximate surface area is 133 Å². The number of nitrogens with zero attached hydrogens (tertiary/aromatic N) is 4. The molecule has 3 heterocycles. The SMILES string of the molecule is CCc1cc(NCCN2CCNCC2)nc(N2CCCC2)n1. The molecule has 122 valence electrons. The van der Waals surface area contributed by atoms with Gasteiger partial charge in [0, 0.05) is 64.1 Å². The zero-order valence-electron chi connectivity index (χ0n) is 13.6. The van der Waals surface area contributed by atoms with Crippen LogP contribution in [0.1, 0.15) is 25.5 Å². The van der Waals surface area contributed by atoms with Crippen LogP contribution in [-0.2, 0) is 6.42 Å². The van der Waals surface area contributed by atoms with Crippen molar-refractivity contribution >= 4 is 11.8 Å². The molecule has 0 aliphatic carbocycles. The van der Waals surface area contributed by atoms with E-state index in [1.165, 1.54) is 12.8 Å². The lowest BCUT2D eigenvalue weighted by atomic mass is 10.3. The zero-order chi connectivity index (χ0) is 15.2. The predicted molar refractivity (Wildman–Crippen MR) is 90.7 cm³/mol. The van der Waals surface area contributed by atoms with E-state index in [1.54, 1.807) is 0 Å². The van der Waals surface area contributed by atoms with Crippen molar-refractivity contribution in [2.24, 2.45) is 0 Å². The van der Waals surface area contributed by atoms with Crippen molar-refractivity contribution < 1.29 is 0 Å². The van der Waals surface area contributed by atoms with E-state index in [0.29, 0.717) is 0 Å². The fourth-order valence-corrected chi connectivity index (χ4v) is 3.09. The molecular formula is C16H28N6. The first kappa shape index (κ1) is 15.5. The summed E-state index contributed by atoms with van der Waals surface area (Å²) in [5.74, 6) is 1.88. The van der Waals surface area contributed by atoms with E-state index in [2.05, 4.69) is 38.4 Å². The molecule has 0 saturated carbocycles. The number of piperazine rings is 1. The van der Waals surface area contributed by atoms with Crippen LogP contribution in [0.2, 0.25) is 0 Å². The van der Waals surface area contributed by atoms with Crippen LogP contribution in [0.25, 0.3) is 0 Å². The Bertz CT molecular complexity index is 466. The number of aryl methyl sites for hydroxylation is 1. The second-order valence-electron chi connectivity index (χ2n) is 6.11. The fraction of sp³-hybridized carbons (Fsp3) is 0.750. The lowest BCUT2D eigenvalue weighted by molar-refractivity contribution is 0.249. The summed E-state index contributed by atoms with van der Waals surface area (Å²) in [6.07, 6.45) is 3.47. The van der Waals surface area contributed by atoms with Crippen molar-refractivity contribution in [2.45, 2.75) is 26.2 Å². The summed E-state index contributed by atoms with van der Waals surface area (Å²) in [6.45, 7) is 10.8. The average Bonchev–Trinajstić information content (AvgIpc) is 3.10. The van der Waals surface area contributed by atoms with E-state index in [0.717, 1.165) is 76.2 Å². The number of rotatable bonds is 6. The molecule has 0 radical (unpaired) electrons. The standard InChI is InChI=1S/C16H28N6/c1-2-14-13-15(18-7-12-21-10-5-17-6-11-21)20-16(19-14)22-8-3-4-9-22/h13,17H,2-12H2,1H3,(H,18,19,20). The maximum absolute atomic E-state index is 4.72. The molecule has 1 aromatic rings. The van der Waals surface area contributed by atoms with Crippen LogP contribution < -0.4 is 15.5 Å². The van der Waals surface area contributed by atoms with Crippen LogP contribution in [0, 0.1) is 0 Å². The molecule has 3 rings (SSSR count). The largest absolute Gasteiger partial charge is 0.369 e. The summed E-state index contributed by atoms with van der Waals surface area (Å²) in [6, 6.07) is 2.09. The Morgan fingerprint density at radius 2 is 1.91 bits per heavy atom. The molecule has 0 amide bonds. The molecule has 0 spiro atoms. The van der Waals surface area contributed by atoms with Gasteiger partial charge in [0.05, 0.1) is 0 Å². The lowest BCUT2D eigenvalue weighted by Crippen LogP contribution is -2.45. The predicted octanol–water partition coefficient (Wildman–Crippen LogP) is 0.956. The third kappa shape index (κ3) is 4.08. The van der Waals surface area contributed by atoms with Crippen molar-refractivity contribution in [3.8, 4) is 0 Å².